The second-order valence-electron chi connectivity index (χ2n) is 3.29. The van der Waals surface area contributed by atoms with E-state index in [9.17, 15) is 4.79 Å². The summed E-state index contributed by atoms with van der Waals surface area (Å²) in [6.45, 7) is 2.06. The highest BCUT2D eigenvalue weighted by molar-refractivity contribution is 5.85. The summed E-state index contributed by atoms with van der Waals surface area (Å²) in [4.78, 5) is 14.6. The molecule has 1 fully saturated rings. The van der Waals surface area contributed by atoms with Crippen molar-refractivity contribution in [1.29, 1.82) is 0 Å². The Morgan fingerprint density at radius 3 is 2.86 bits per heavy atom. The molecule has 0 spiro atoms. The second-order valence-corrected chi connectivity index (χ2v) is 3.29. The van der Waals surface area contributed by atoms with Crippen LogP contribution in [0.1, 0.15) is 29.5 Å². The largest absolute Gasteiger partial charge is 0.326 e. The SMILES string of the molecule is Cl.O=Cc1nccn1C1CCNCC1. The van der Waals surface area contributed by atoms with Gasteiger partial charge in [-0.1, -0.05) is 0 Å². The van der Waals surface area contributed by atoms with E-state index in [-0.39, 0.29) is 12.4 Å². The van der Waals surface area contributed by atoms with Gasteiger partial charge in [-0.15, -0.1) is 12.4 Å². The molecule has 1 N–H and O–H groups in total. The number of hydrogen-bond donors (Lipinski definition) is 1. The molecule has 2 rings (SSSR count). The summed E-state index contributed by atoms with van der Waals surface area (Å²) in [7, 11) is 0. The average Bonchev–Trinajstić information content (AvgIpc) is 2.67. The highest BCUT2D eigenvalue weighted by Crippen LogP contribution is 2.18. The monoisotopic (exact) mass is 215 g/mol. The van der Waals surface area contributed by atoms with Gasteiger partial charge in [-0.05, 0) is 25.9 Å². The Labute approximate surface area is 89.1 Å². The molecule has 1 aliphatic rings. The molecular weight excluding hydrogens is 202 g/mol. The van der Waals surface area contributed by atoms with Gasteiger partial charge in [0.15, 0.2) is 12.1 Å². The molecule has 1 saturated heterocycles. The molecule has 0 atom stereocenters. The molecule has 1 aromatic heterocycles. The average molecular weight is 216 g/mol. The number of nitrogens with zero attached hydrogens (tertiary/aromatic N) is 2. The van der Waals surface area contributed by atoms with E-state index in [0.29, 0.717) is 11.9 Å². The normalized spacial score (nSPS) is 17.4. The maximum Gasteiger partial charge on any atom is 0.185 e. The first-order chi connectivity index (χ1) is 6.42. The quantitative estimate of drug-likeness (QED) is 0.750. The van der Waals surface area contributed by atoms with Crippen molar-refractivity contribution >= 4 is 18.7 Å². The van der Waals surface area contributed by atoms with Crippen LogP contribution in [0.15, 0.2) is 12.4 Å². The predicted molar refractivity (Wildman–Crippen MR) is 56.0 cm³/mol. The summed E-state index contributed by atoms with van der Waals surface area (Å²) >= 11 is 0. The van der Waals surface area contributed by atoms with Gasteiger partial charge in [0.05, 0.1) is 0 Å². The number of piperidine rings is 1. The van der Waals surface area contributed by atoms with Crippen LogP contribution in [0.4, 0.5) is 0 Å². The summed E-state index contributed by atoms with van der Waals surface area (Å²) in [6.07, 6.45) is 6.56. The number of nitrogens with one attached hydrogen (secondary N) is 1. The standard InChI is InChI=1S/C9H13N3O.ClH/c13-7-9-11-5-6-12(9)8-1-3-10-4-2-8;/h5-8,10H,1-4H2;1H. The zero-order chi connectivity index (χ0) is 9.10. The number of hydrogen-bond acceptors (Lipinski definition) is 3. The van der Waals surface area contributed by atoms with Crippen LogP contribution in [0.5, 0.6) is 0 Å². The van der Waals surface area contributed by atoms with Crippen LogP contribution in [-0.4, -0.2) is 28.9 Å². The molecular formula is C9H14ClN3O. The maximum absolute atomic E-state index is 10.6. The van der Waals surface area contributed by atoms with Crippen LogP contribution in [0, 0.1) is 0 Å². The molecule has 0 radical (unpaired) electrons. The van der Waals surface area contributed by atoms with E-state index < -0.39 is 0 Å². The number of carbonyl (C=O) groups is 1. The van der Waals surface area contributed by atoms with Crippen LogP contribution in [0.3, 0.4) is 0 Å². The van der Waals surface area contributed by atoms with Gasteiger partial charge in [0.2, 0.25) is 0 Å². The molecule has 4 nitrogen and oxygen atoms in total. The molecule has 0 amide bonds. The Kier molecular flexibility index (Phi) is 4.10. The Morgan fingerprint density at radius 2 is 2.21 bits per heavy atom. The van der Waals surface area contributed by atoms with Crippen molar-refractivity contribution in [3.63, 3.8) is 0 Å². The maximum atomic E-state index is 10.6. The number of aromatic nitrogens is 2. The molecule has 0 saturated carbocycles. The molecule has 5 heteroatoms. The van der Waals surface area contributed by atoms with Crippen molar-refractivity contribution < 1.29 is 4.79 Å². The zero-order valence-electron chi connectivity index (χ0n) is 7.85. The third-order valence-corrected chi connectivity index (χ3v) is 2.51. The third-order valence-electron chi connectivity index (χ3n) is 2.51. The Bertz CT molecular complexity index is 294. The molecule has 1 aromatic rings. The van der Waals surface area contributed by atoms with Crippen molar-refractivity contribution in [1.82, 2.24) is 14.9 Å². The van der Waals surface area contributed by atoms with Gasteiger partial charge in [0.25, 0.3) is 0 Å². The number of halogens is 1. The Hall–Kier alpha value is -0.870. The lowest BCUT2D eigenvalue weighted by molar-refractivity contribution is 0.110. The third kappa shape index (κ3) is 2.13. The van der Waals surface area contributed by atoms with E-state index in [1.807, 2.05) is 10.8 Å². The summed E-state index contributed by atoms with van der Waals surface area (Å²) < 4.78 is 1.98. The van der Waals surface area contributed by atoms with Crippen molar-refractivity contribution in [3.05, 3.63) is 18.2 Å². The molecule has 0 aliphatic carbocycles. The van der Waals surface area contributed by atoms with Crippen molar-refractivity contribution in [3.8, 4) is 0 Å². The predicted octanol–water partition coefficient (Wildman–Crippen LogP) is 1.04. The lowest BCUT2D eigenvalue weighted by Crippen LogP contribution is -2.29. The molecule has 1 aliphatic heterocycles. The molecule has 0 unspecified atom stereocenters. The number of aldehydes is 1. The van der Waals surface area contributed by atoms with Crippen LogP contribution in [-0.2, 0) is 0 Å². The van der Waals surface area contributed by atoms with Crippen LogP contribution < -0.4 is 5.32 Å². The van der Waals surface area contributed by atoms with Crippen LogP contribution >= 0.6 is 12.4 Å². The Balaban J connectivity index is 0.000000980. The zero-order valence-corrected chi connectivity index (χ0v) is 8.67. The first-order valence-electron chi connectivity index (χ1n) is 4.60. The smallest absolute Gasteiger partial charge is 0.185 e. The molecule has 14 heavy (non-hydrogen) atoms. The molecule has 0 aromatic carbocycles. The van der Waals surface area contributed by atoms with E-state index in [0.717, 1.165) is 32.2 Å². The second kappa shape index (κ2) is 5.12. The van der Waals surface area contributed by atoms with Crippen LogP contribution in [0.2, 0.25) is 0 Å². The summed E-state index contributed by atoms with van der Waals surface area (Å²) in [5.41, 5.74) is 0. The topological polar surface area (TPSA) is 46.9 Å². The van der Waals surface area contributed by atoms with Gasteiger partial charge < -0.3 is 9.88 Å². The number of rotatable bonds is 2. The summed E-state index contributed by atoms with van der Waals surface area (Å²) in [5.74, 6) is 0.548. The fourth-order valence-electron chi connectivity index (χ4n) is 1.81. The van der Waals surface area contributed by atoms with E-state index in [4.69, 9.17) is 0 Å². The fraction of sp³-hybridized carbons (Fsp3) is 0.556. The van der Waals surface area contributed by atoms with E-state index >= 15 is 0 Å². The van der Waals surface area contributed by atoms with Gasteiger partial charge >= 0.3 is 0 Å². The minimum atomic E-state index is 0. The van der Waals surface area contributed by atoms with Gasteiger partial charge in [0.1, 0.15) is 0 Å². The first kappa shape index (κ1) is 11.2. The number of imidazole rings is 1. The van der Waals surface area contributed by atoms with Crippen LogP contribution in [0.25, 0.3) is 0 Å². The van der Waals surface area contributed by atoms with Crippen molar-refractivity contribution in [2.24, 2.45) is 0 Å². The van der Waals surface area contributed by atoms with Gasteiger partial charge in [-0.25, -0.2) is 4.98 Å². The first-order valence-corrected chi connectivity index (χ1v) is 4.60. The minimum Gasteiger partial charge on any atom is -0.326 e. The van der Waals surface area contributed by atoms with Gasteiger partial charge in [-0.3, -0.25) is 4.79 Å². The van der Waals surface area contributed by atoms with Gasteiger partial charge in [-0.2, -0.15) is 0 Å². The van der Waals surface area contributed by atoms with E-state index in [2.05, 4.69) is 10.3 Å². The highest BCUT2D eigenvalue weighted by atomic mass is 35.5. The molecule has 78 valence electrons. The molecule has 2 heterocycles. The number of carbonyl (C=O) groups excluding carboxylic acids is 1. The minimum absolute atomic E-state index is 0. The summed E-state index contributed by atoms with van der Waals surface area (Å²) in [5, 5.41) is 3.29. The van der Waals surface area contributed by atoms with E-state index in [1.165, 1.54) is 0 Å². The summed E-state index contributed by atoms with van der Waals surface area (Å²) in [6, 6.07) is 0.448. The Morgan fingerprint density at radius 1 is 1.50 bits per heavy atom. The van der Waals surface area contributed by atoms with Gasteiger partial charge in [0, 0.05) is 18.4 Å². The molecule has 0 bridgehead atoms. The van der Waals surface area contributed by atoms with E-state index in [1.54, 1.807) is 6.20 Å². The van der Waals surface area contributed by atoms with Crippen molar-refractivity contribution in [2.45, 2.75) is 18.9 Å². The lowest BCUT2D eigenvalue weighted by Gasteiger charge is -2.24. The lowest BCUT2D eigenvalue weighted by atomic mass is 10.1. The fourth-order valence-corrected chi connectivity index (χ4v) is 1.81. The van der Waals surface area contributed by atoms with Crippen molar-refractivity contribution in [2.75, 3.05) is 13.1 Å². The highest BCUT2D eigenvalue weighted by Gasteiger charge is 2.16.